The van der Waals surface area contributed by atoms with Crippen molar-refractivity contribution >= 4 is 42.3 Å². The zero-order valence-electron chi connectivity index (χ0n) is 18.7. The molecule has 2 radical (unpaired) electrons. The van der Waals surface area contributed by atoms with Gasteiger partial charge >= 0.3 is 6.18 Å². The van der Waals surface area contributed by atoms with E-state index in [1.165, 1.54) is 23.2 Å². The standard InChI is InChI=1S/C24H20BClF3N5O/c1-33(23(35)15-6-4-7-16(12-15)24(27,28)29)11-5-10-30-21-13-20(17-8-2-3-9-19(17)26)32-22-18(25)14-31-34(21)22/h2-4,6-9,12-14,30H,5,10-11H2,1H3. The first-order valence-electron chi connectivity index (χ1n) is 10.7. The topological polar surface area (TPSA) is 62.5 Å². The zero-order valence-corrected chi connectivity index (χ0v) is 19.4. The van der Waals surface area contributed by atoms with E-state index in [1.807, 2.05) is 18.2 Å². The van der Waals surface area contributed by atoms with Gasteiger partial charge in [-0.2, -0.15) is 22.8 Å². The molecule has 4 rings (SSSR count). The summed E-state index contributed by atoms with van der Waals surface area (Å²) in [6.07, 6.45) is -2.47. The molecule has 6 nitrogen and oxygen atoms in total. The molecule has 0 saturated heterocycles. The van der Waals surface area contributed by atoms with Crippen molar-refractivity contribution in [3.63, 3.8) is 0 Å². The lowest BCUT2D eigenvalue weighted by molar-refractivity contribution is -0.137. The van der Waals surface area contributed by atoms with Crippen LogP contribution in [0, 0.1) is 0 Å². The van der Waals surface area contributed by atoms with E-state index in [9.17, 15) is 18.0 Å². The minimum absolute atomic E-state index is 0.0116. The van der Waals surface area contributed by atoms with Gasteiger partial charge in [0.2, 0.25) is 0 Å². The van der Waals surface area contributed by atoms with Crippen LogP contribution in [0.15, 0.2) is 60.8 Å². The van der Waals surface area contributed by atoms with Gasteiger partial charge in [-0.25, -0.2) is 4.98 Å². The summed E-state index contributed by atoms with van der Waals surface area (Å²) in [6, 6.07) is 13.5. The van der Waals surface area contributed by atoms with Gasteiger partial charge in [-0.05, 0) is 36.1 Å². The summed E-state index contributed by atoms with van der Waals surface area (Å²) in [6.45, 7) is 0.788. The van der Waals surface area contributed by atoms with Crippen molar-refractivity contribution in [1.29, 1.82) is 0 Å². The number of fused-ring (bicyclic) bond motifs is 1. The SMILES string of the molecule is [B]c1cnn2c(NCCCN(C)C(=O)c3cccc(C(F)(F)F)c3)cc(-c3ccccc3Cl)nc12. The van der Waals surface area contributed by atoms with E-state index in [2.05, 4.69) is 15.4 Å². The minimum Gasteiger partial charge on any atom is -0.370 e. The van der Waals surface area contributed by atoms with Gasteiger partial charge in [-0.15, -0.1) is 0 Å². The number of rotatable bonds is 7. The van der Waals surface area contributed by atoms with Crippen LogP contribution < -0.4 is 10.8 Å². The Balaban J connectivity index is 1.44. The van der Waals surface area contributed by atoms with Crippen molar-refractivity contribution in [2.75, 3.05) is 25.5 Å². The number of alkyl halides is 3. The summed E-state index contributed by atoms with van der Waals surface area (Å²) >= 11 is 6.34. The van der Waals surface area contributed by atoms with Gasteiger partial charge < -0.3 is 10.2 Å². The first-order valence-corrected chi connectivity index (χ1v) is 11.1. The number of aromatic nitrogens is 3. The van der Waals surface area contributed by atoms with Crippen molar-refractivity contribution in [2.24, 2.45) is 0 Å². The fraction of sp³-hybridized carbons (Fsp3) is 0.208. The summed E-state index contributed by atoms with van der Waals surface area (Å²) in [4.78, 5) is 18.6. The molecule has 178 valence electrons. The van der Waals surface area contributed by atoms with Gasteiger partial charge in [0.15, 0.2) is 5.65 Å². The molecule has 1 amide bonds. The van der Waals surface area contributed by atoms with Crippen LogP contribution in [0.5, 0.6) is 0 Å². The van der Waals surface area contributed by atoms with Gasteiger partial charge in [-0.1, -0.05) is 35.9 Å². The highest BCUT2D eigenvalue weighted by molar-refractivity contribution is 6.36. The molecular formula is C24H20BClF3N5O. The molecule has 0 aliphatic heterocycles. The van der Waals surface area contributed by atoms with Crippen LogP contribution in [-0.2, 0) is 6.18 Å². The van der Waals surface area contributed by atoms with Crippen LogP contribution >= 0.6 is 11.6 Å². The summed E-state index contributed by atoms with van der Waals surface area (Å²) in [5.74, 6) is 0.150. The molecule has 0 unspecified atom stereocenters. The summed E-state index contributed by atoms with van der Waals surface area (Å²) in [7, 11) is 7.58. The molecule has 0 aliphatic rings. The van der Waals surface area contributed by atoms with E-state index in [0.717, 1.165) is 17.7 Å². The van der Waals surface area contributed by atoms with Gasteiger partial charge in [-0.3, -0.25) is 4.79 Å². The Morgan fingerprint density at radius 1 is 1.17 bits per heavy atom. The van der Waals surface area contributed by atoms with E-state index < -0.39 is 17.6 Å². The molecule has 2 heterocycles. The number of anilines is 1. The molecule has 0 saturated carbocycles. The lowest BCUT2D eigenvalue weighted by Crippen LogP contribution is -2.29. The number of amides is 1. The Bertz CT molecular complexity index is 1380. The second-order valence-electron chi connectivity index (χ2n) is 7.93. The molecule has 2 aromatic heterocycles. The number of hydrogen-bond acceptors (Lipinski definition) is 4. The van der Waals surface area contributed by atoms with Crippen LogP contribution in [0.25, 0.3) is 16.9 Å². The highest BCUT2D eigenvalue weighted by atomic mass is 35.5. The molecule has 0 bridgehead atoms. The van der Waals surface area contributed by atoms with Crippen molar-refractivity contribution in [3.05, 3.63) is 76.9 Å². The predicted octanol–water partition coefficient (Wildman–Crippen LogP) is 4.44. The van der Waals surface area contributed by atoms with E-state index in [4.69, 9.17) is 19.4 Å². The molecule has 11 heteroatoms. The van der Waals surface area contributed by atoms with Crippen LogP contribution in [-0.4, -0.2) is 53.4 Å². The monoisotopic (exact) mass is 497 g/mol. The van der Waals surface area contributed by atoms with E-state index in [0.29, 0.717) is 47.2 Å². The minimum atomic E-state index is -4.51. The lowest BCUT2D eigenvalue weighted by Gasteiger charge is -2.18. The number of benzene rings is 2. The molecule has 2 aromatic carbocycles. The Morgan fingerprint density at radius 2 is 1.94 bits per heavy atom. The molecule has 35 heavy (non-hydrogen) atoms. The van der Waals surface area contributed by atoms with E-state index >= 15 is 0 Å². The number of carbonyl (C=O) groups is 1. The van der Waals surface area contributed by atoms with Crippen molar-refractivity contribution in [1.82, 2.24) is 19.5 Å². The van der Waals surface area contributed by atoms with E-state index in [1.54, 1.807) is 23.7 Å². The average molecular weight is 498 g/mol. The number of hydrogen-bond donors (Lipinski definition) is 1. The average Bonchev–Trinajstić information content (AvgIpc) is 3.21. The second-order valence-corrected chi connectivity index (χ2v) is 8.33. The fourth-order valence-electron chi connectivity index (χ4n) is 3.60. The molecule has 0 aliphatic carbocycles. The maximum atomic E-state index is 13.0. The molecule has 4 aromatic rings. The first-order chi connectivity index (χ1) is 16.6. The summed E-state index contributed by atoms with van der Waals surface area (Å²) in [5.41, 5.74) is 1.38. The van der Waals surface area contributed by atoms with Crippen LogP contribution in [0.1, 0.15) is 22.3 Å². The molecule has 0 atom stereocenters. The van der Waals surface area contributed by atoms with Gasteiger partial charge in [0.1, 0.15) is 13.7 Å². The number of nitrogens with one attached hydrogen (secondary N) is 1. The Hall–Kier alpha value is -3.53. The third kappa shape index (κ3) is 5.43. The summed E-state index contributed by atoms with van der Waals surface area (Å²) < 4.78 is 40.4. The van der Waals surface area contributed by atoms with Crippen LogP contribution in [0.3, 0.4) is 0 Å². The number of carbonyl (C=O) groups excluding carboxylic acids is 1. The fourth-order valence-corrected chi connectivity index (χ4v) is 3.83. The zero-order chi connectivity index (χ0) is 25.2. The predicted molar refractivity (Wildman–Crippen MR) is 130 cm³/mol. The number of nitrogens with zero attached hydrogens (tertiary/aromatic N) is 4. The molecule has 0 spiro atoms. The van der Waals surface area contributed by atoms with E-state index in [-0.39, 0.29) is 5.56 Å². The number of halogens is 4. The molecule has 1 N–H and O–H groups in total. The largest absolute Gasteiger partial charge is 0.416 e. The van der Waals surface area contributed by atoms with Gasteiger partial charge in [0.05, 0.1) is 11.3 Å². The maximum Gasteiger partial charge on any atom is 0.416 e. The quantitative estimate of drug-likeness (QED) is 0.303. The first kappa shape index (κ1) is 24.6. The Kier molecular flexibility index (Phi) is 7.02. The third-order valence-electron chi connectivity index (χ3n) is 5.41. The normalized spacial score (nSPS) is 11.6. The van der Waals surface area contributed by atoms with Crippen molar-refractivity contribution in [2.45, 2.75) is 12.6 Å². The van der Waals surface area contributed by atoms with Crippen LogP contribution in [0.4, 0.5) is 19.0 Å². The maximum absolute atomic E-state index is 13.0. The van der Waals surface area contributed by atoms with Crippen molar-refractivity contribution < 1.29 is 18.0 Å². The molecule has 0 fully saturated rings. The highest BCUT2D eigenvalue weighted by Crippen LogP contribution is 2.30. The molecular weight excluding hydrogens is 478 g/mol. The smallest absolute Gasteiger partial charge is 0.370 e. The third-order valence-corrected chi connectivity index (χ3v) is 5.74. The van der Waals surface area contributed by atoms with Gasteiger partial charge in [0.25, 0.3) is 5.91 Å². The Morgan fingerprint density at radius 3 is 2.69 bits per heavy atom. The van der Waals surface area contributed by atoms with Crippen LogP contribution in [0.2, 0.25) is 5.02 Å². The second kappa shape index (κ2) is 9.99. The summed E-state index contributed by atoms with van der Waals surface area (Å²) in [5, 5.41) is 8.08. The van der Waals surface area contributed by atoms with Crippen molar-refractivity contribution in [3.8, 4) is 11.3 Å². The van der Waals surface area contributed by atoms with Gasteiger partial charge in [0, 0.05) is 48.5 Å². The highest BCUT2D eigenvalue weighted by Gasteiger charge is 2.31. The Labute approximate surface area is 206 Å². The lowest BCUT2D eigenvalue weighted by atomic mass is 10.0.